The molecule has 0 amide bonds. The van der Waals surface area contributed by atoms with Crippen LogP contribution >= 0.6 is 0 Å². The van der Waals surface area contributed by atoms with Gasteiger partial charge in [-0.3, -0.25) is 0 Å². The van der Waals surface area contributed by atoms with E-state index in [2.05, 4.69) is 5.16 Å². The highest BCUT2D eigenvalue weighted by atomic mass is 19.1. The lowest BCUT2D eigenvalue weighted by Crippen LogP contribution is -2.01. The second kappa shape index (κ2) is 4.60. The molecule has 0 saturated carbocycles. The first-order valence-electron chi connectivity index (χ1n) is 5.53. The Morgan fingerprint density at radius 3 is 2.83 bits per heavy atom. The highest BCUT2D eigenvalue weighted by Gasteiger charge is 2.23. The van der Waals surface area contributed by atoms with Crippen LogP contribution in [-0.2, 0) is 6.42 Å². The SMILES string of the molecule is CCc1onc(-c2cc(F)ccc2C)c1C(=O)O. The van der Waals surface area contributed by atoms with Gasteiger partial charge < -0.3 is 9.63 Å². The number of aromatic nitrogens is 1. The van der Waals surface area contributed by atoms with Crippen molar-refractivity contribution < 1.29 is 18.8 Å². The zero-order valence-electron chi connectivity index (χ0n) is 10.0. The van der Waals surface area contributed by atoms with E-state index in [1.54, 1.807) is 19.9 Å². The van der Waals surface area contributed by atoms with E-state index in [-0.39, 0.29) is 11.3 Å². The van der Waals surface area contributed by atoms with Crippen molar-refractivity contribution in [1.82, 2.24) is 5.16 Å². The molecule has 0 saturated heterocycles. The summed E-state index contributed by atoms with van der Waals surface area (Å²) < 4.78 is 18.3. The molecule has 0 bridgehead atoms. The van der Waals surface area contributed by atoms with Gasteiger partial charge in [-0.25, -0.2) is 9.18 Å². The summed E-state index contributed by atoms with van der Waals surface area (Å²) in [5.74, 6) is -1.26. The molecule has 0 atom stereocenters. The van der Waals surface area contributed by atoms with Gasteiger partial charge in [0.05, 0.1) is 0 Å². The molecular formula is C13H12FNO3. The van der Waals surface area contributed by atoms with Gasteiger partial charge in [0.15, 0.2) is 5.76 Å². The lowest BCUT2D eigenvalue weighted by atomic mass is 10.0. The molecule has 0 unspecified atom stereocenters. The van der Waals surface area contributed by atoms with Gasteiger partial charge >= 0.3 is 5.97 Å². The Balaban J connectivity index is 2.67. The number of aromatic carboxylic acids is 1. The topological polar surface area (TPSA) is 63.3 Å². The van der Waals surface area contributed by atoms with Gasteiger partial charge in [-0.05, 0) is 24.6 Å². The van der Waals surface area contributed by atoms with E-state index < -0.39 is 11.8 Å². The molecule has 0 radical (unpaired) electrons. The molecule has 5 heteroatoms. The van der Waals surface area contributed by atoms with Gasteiger partial charge in [0.1, 0.15) is 17.1 Å². The lowest BCUT2D eigenvalue weighted by molar-refractivity contribution is 0.0695. The third-order valence-electron chi connectivity index (χ3n) is 2.75. The highest BCUT2D eigenvalue weighted by Crippen LogP contribution is 2.29. The standard InChI is InChI=1S/C13H12FNO3/c1-3-10-11(13(16)17)12(15-18-10)9-6-8(14)5-4-7(9)2/h4-6H,3H2,1-2H3,(H,16,17). The fraction of sp³-hybridized carbons (Fsp3) is 0.231. The van der Waals surface area contributed by atoms with Crippen molar-refractivity contribution in [3.8, 4) is 11.3 Å². The molecule has 18 heavy (non-hydrogen) atoms. The maximum atomic E-state index is 13.2. The Kier molecular flexibility index (Phi) is 3.14. The van der Waals surface area contributed by atoms with Crippen LogP contribution in [0, 0.1) is 12.7 Å². The van der Waals surface area contributed by atoms with E-state index in [9.17, 15) is 14.3 Å². The summed E-state index contributed by atoms with van der Waals surface area (Å²) in [6.07, 6.45) is 0.420. The number of halogens is 1. The zero-order chi connectivity index (χ0) is 13.3. The number of nitrogens with zero attached hydrogens (tertiary/aromatic N) is 1. The van der Waals surface area contributed by atoms with Crippen molar-refractivity contribution in [1.29, 1.82) is 0 Å². The van der Waals surface area contributed by atoms with Crippen LogP contribution in [0.25, 0.3) is 11.3 Å². The number of carbonyl (C=O) groups is 1. The monoisotopic (exact) mass is 249 g/mol. The van der Waals surface area contributed by atoms with Gasteiger partial charge in [0.25, 0.3) is 0 Å². The molecule has 94 valence electrons. The first kappa shape index (κ1) is 12.3. The molecule has 1 N–H and O–H groups in total. The Morgan fingerprint density at radius 2 is 2.22 bits per heavy atom. The van der Waals surface area contributed by atoms with Crippen molar-refractivity contribution in [2.75, 3.05) is 0 Å². The quantitative estimate of drug-likeness (QED) is 0.908. The minimum atomic E-state index is -1.12. The predicted molar refractivity (Wildman–Crippen MR) is 63.0 cm³/mol. The minimum absolute atomic E-state index is 0.00574. The van der Waals surface area contributed by atoms with E-state index in [0.717, 1.165) is 5.56 Å². The second-order valence-corrected chi connectivity index (χ2v) is 3.95. The summed E-state index contributed by atoms with van der Waals surface area (Å²) in [5.41, 5.74) is 1.37. The largest absolute Gasteiger partial charge is 0.477 e. The normalized spacial score (nSPS) is 10.6. The average Bonchev–Trinajstić information content (AvgIpc) is 2.75. The van der Waals surface area contributed by atoms with Gasteiger partial charge in [-0.15, -0.1) is 0 Å². The lowest BCUT2D eigenvalue weighted by Gasteiger charge is -2.03. The number of hydrogen-bond acceptors (Lipinski definition) is 3. The van der Waals surface area contributed by atoms with Crippen LogP contribution in [0.2, 0.25) is 0 Å². The Morgan fingerprint density at radius 1 is 1.50 bits per heavy atom. The predicted octanol–water partition coefficient (Wildman–Crippen LogP) is 3.05. The summed E-state index contributed by atoms with van der Waals surface area (Å²) in [4.78, 5) is 11.2. The molecule has 2 aromatic rings. The minimum Gasteiger partial charge on any atom is -0.477 e. The van der Waals surface area contributed by atoms with Crippen molar-refractivity contribution in [2.24, 2.45) is 0 Å². The van der Waals surface area contributed by atoms with Gasteiger partial charge in [0.2, 0.25) is 0 Å². The molecule has 0 fully saturated rings. The number of carboxylic acids is 1. The fourth-order valence-corrected chi connectivity index (χ4v) is 1.82. The number of rotatable bonds is 3. The first-order valence-corrected chi connectivity index (χ1v) is 5.53. The smallest absolute Gasteiger partial charge is 0.341 e. The van der Waals surface area contributed by atoms with Crippen LogP contribution in [-0.4, -0.2) is 16.2 Å². The van der Waals surface area contributed by atoms with Crippen LogP contribution in [0.15, 0.2) is 22.7 Å². The first-order chi connectivity index (χ1) is 8.54. The summed E-state index contributed by atoms with van der Waals surface area (Å²) in [7, 11) is 0. The average molecular weight is 249 g/mol. The van der Waals surface area contributed by atoms with Crippen LogP contribution in [0.5, 0.6) is 0 Å². The van der Waals surface area contributed by atoms with Gasteiger partial charge in [0, 0.05) is 12.0 Å². The van der Waals surface area contributed by atoms with E-state index in [1.807, 2.05) is 0 Å². The number of hydrogen-bond donors (Lipinski definition) is 1. The summed E-state index contributed by atoms with van der Waals surface area (Å²) >= 11 is 0. The van der Waals surface area contributed by atoms with E-state index in [1.165, 1.54) is 12.1 Å². The highest BCUT2D eigenvalue weighted by molar-refractivity contribution is 5.96. The van der Waals surface area contributed by atoms with Crippen molar-refractivity contribution >= 4 is 5.97 Å². The second-order valence-electron chi connectivity index (χ2n) is 3.95. The van der Waals surface area contributed by atoms with Crippen LogP contribution in [0.1, 0.15) is 28.6 Å². The molecule has 1 heterocycles. The van der Waals surface area contributed by atoms with Crippen molar-refractivity contribution in [3.05, 3.63) is 40.9 Å². The van der Waals surface area contributed by atoms with E-state index in [4.69, 9.17) is 4.52 Å². The summed E-state index contributed by atoms with van der Waals surface area (Å²) in [6, 6.07) is 4.16. The Hall–Kier alpha value is -2.17. The zero-order valence-corrected chi connectivity index (χ0v) is 10.0. The van der Waals surface area contributed by atoms with E-state index >= 15 is 0 Å². The molecule has 0 aliphatic heterocycles. The number of aryl methyl sites for hydroxylation is 2. The molecule has 1 aromatic heterocycles. The Labute approximate surface area is 103 Å². The van der Waals surface area contributed by atoms with Crippen molar-refractivity contribution in [3.63, 3.8) is 0 Å². The van der Waals surface area contributed by atoms with Gasteiger partial charge in [-0.2, -0.15) is 0 Å². The maximum Gasteiger partial charge on any atom is 0.341 e. The number of carboxylic acid groups (broad SMARTS) is 1. The third-order valence-corrected chi connectivity index (χ3v) is 2.75. The van der Waals surface area contributed by atoms with Crippen LogP contribution in [0.3, 0.4) is 0 Å². The molecule has 0 spiro atoms. The molecular weight excluding hydrogens is 237 g/mol. The fourth-order valence-electron chi connectivity index (χ4n) is 1.82. The molecule has 0 aliphatic carbocycles. The summed E-state index contributed by atoms with van der Waals surface area (Å²) in [5, 5.41) is 13.0. The van der Waals surface area contributed by atoms with Crippen molar-refractivity contribution in [2.45, 2.75) is 20.3 Å². The van der Waals surface area contributed by atoms with E-state index in [0.29, 0.717) is 17.7 Å². The molecule has 2 rings (SSSR count). The van der Waals surface area contributed by atoms with Crippen LogP contribution < -0.4 is 0 Å². The number of benzene rings is 1. The van der Waals surface area contributed by atoms with Gasteiger partial charge in [-0.1, -0.05) is 18.1 Å². The Bertz CT molecular complexity index is 604. The molecule has 0 aliphatic rings. The summed E-state index contributed by atoms with van der Waals surface area (Å²) in [6.45, 7) is 3.54. The molecule has 1 aromatic carbocycles. The molecule has 4 nitrogen and oxygen atoms in total. The van der Waals surface area contributed by atoms with Crippen LogP contribution in [0.4, 0.5) is 4.39 Å². The third kappa shape index (κ3) is 1.99. The maximum absolute atomic E-state index is 13.2.